The molecule has 1 aliphatic rings. The Morgan fingerprint density at radius 1 is 1.03 bits per heavy atom. The number of halogens is 1. The zero-order chi connectivity index (χ0) is 21.3. The van der Waals surface area contributed by atoms with Crippen LogP contribution < -0.4 is 16.0 Å². The number of thiocarbonyl (C=S) groups is 1. The molecule has 0 spiro atoms. The molecule has 0 radical (unpaired) electrons. The molecule has 1 fully saturated rings. The third-order valence-corrected chi connectivity index (χ3v) is 5.43. The van der Waals surface area contributed by atoms with E-state index < -0.39 is 0 Å². The number of amides is 2. The lowest BCUT2D eigenvalue weighted by Crippen LogP contribution is -2.36. The fourth-order valence-corrected chi connectivity index (χ4v) is 3.76. The van der Waals surface area contributed by atoms with Crippen molar-refractivity contribution in [1.29, 1.82) is 0 Å². The lowest BCUT2D eigenvalue weighted by Gasteiger charge is -2.22. The van der Waals surface area contributed by atoms with Crippen LogP contribution in [0.5, 0.6) is 0 Å². The summed E-state index contributed by atoms with van der Waals surface area (Å²) in [7, 11) is 0. The standard InChI is InChI=1S/C23H24ClN3O2S/c24-20-12-5-4-7-16(20)13-14-21(28)27-23(30)26-19-11-6-8-17(15-19)22(29)25-18-9-2-1-3-10-18/h4-8,11-15,18H,1-3,9-10H2,(H,25,29)(H2,26,27,28,30)/b14-13+. The van der Waals surface area contributed by atoms with Crippen molar-refractivity contribution in [2.75, 3.05) is 5.32 Å². The summed E-state index contributed by atoms with van der Waals surface area (Å²) in [6, 6.07) is 14.5. The first-order chi connectivity index (χ1) is 14.5. The summed E-state index contributed by atoms with van der Waals surface area (Å²) in [6.45, 7) is 0. The van der Waals surface area contributed by atoms with E-state index in [2.05, 4.69) is 16.0 Å². The van der Waals surface area contributed by atoms with E-state index in [-0.39, 0.29) is 23.0 Å². The van der Waals surface area contributed by atoms with Gasteiger partial charge in [-0.3, -0.25) is 14.9 Å². The predicted molar refractivity (Wildman–Crippen MR) is 126 cm³/mol. The van der Waals surface area contributed by atoms with Gasteiger partial charge >= 0.3 is 0 Å². The van der Waals surface area contributed by atoms with Crippen LogP contribution in [0.2, 0.25) is 5.02 Å². The van der Waals surface area contributed by atoms with E-state index in [0.29, 0.717) is 16.3 Å². The van der Waals surface area contributed by atoms with Crippen molar-refractivity contribution in [1.82, 2.24) is 10.6 Å². The lowest BCUT2D eigenvalue weighted by atomic mass is 9.95. The van der Waals surface area contributed by atoms with Gasteiger partial charge in [0.15, 0.2) is 5.11 Å². The summed E-state index contributed by atoms with van der Waals surface area (Å²) in [5.41, 5.74) is 1.93. The molecule has 1 saturated carbocycles. The molecule has 0 heterocycles. The first kappa shape index (κ1) is 22.0. The van der Waals surface area contributed by atoms with Gasteiger partial charge < -0.3 is 10.6 Å². The van der Waals surface area contributed by atoms with Crippen LogP contribution in [0.1, 0.15) is 48.0 Å². The van der Waals surface area contributed by atoms with E-state index in [4.69, 9.17) is 23.8 Å². The van der Waals surface area contributed by atoms with Crippen LogP contribution in [-0.2, 0) is 4.79 Å². The summed E-state index contributed by atoms with van der Waals surface area (Å²) < 4.78 is 0. The van der Waals surface area contributed by atoms with Crippen LogP contribution in [0.25, 0.3) is 6.08 Å². The van der Waals surface area contributed by atoms with Crippen molar-refractivity contribution < 1.29 is 9.59 Å². The maximum absolute atomic E-state index is 12.5. The molecule has 0 aromatic heterocycles. The molecule has 1 aliphatic carbocycles. The minimum absolute atomic E-state index is 0.0943. The number of rotatable bonds is 5. The van der Waals surface area contributed by atoms with Crippen molar-refractivity contribution in [3.8, 4) is 0 Å². The Hall–Kier alpha value is -2.70. The Balaban J connectivity index is 1.53. The fraction of sp³-hybridized carbons (Fsp3) is 0.261. The monoisotopic (exact) mass is 441 g/mol. The number of hydrogen-bond acceptors (Lipinski definition) is 3. The van der Waals surface area contributed by atoms with Crippen LogP contribution in [0.3, 0.4) is 0 Å². The second-order valence-corrected chi connectivity index (χ2v) is 8.00. The molecule has 30 heavy (non-hydrogen) atoms. The average Bonchev–Trinajstić information content (AvgIpc) is 2.74. The molecule has 156 valence electrons. The molecular weight excluding hydrogens is 418 g/mol. The van der Waals surface area contributed by atoms with Crippen molar-refractivity contribution in [3.63, 3.8) is 0 Å². The summed E-state index contributed by atoms with van der Waals surface area (Å²) in [6.07, 6.45) is 8.60. The van der Waals surface area contributed by atoms with Crippen molar-refractivity contribution >= 4 is 52.5 Å². The van der Waals surface area contributed by atoms with Gasteiger partial charge in [0.1, 0.15) is 0 Å². The first-order valence-electron chi connectivity index (χ1n) is 9.97. The zero-order valence-electron chi connectivity index (χ0n) is 16.5. The number of benzene rings is 2. The van der Waals surface area contributed by atoms with Crippen LogP contribution in [0, 0.1) is 0 Å². The smallest absolute Gasteiger partial charge is 0.251 e. The molecule has 7 heteroatoms. The van der Waals surface area contributed by atoms with E-state index in [9.17, 15) is 9.59 Å². The highest BCUT2D eigenvalue weighted by atomic mass is 35.5. The maximum atomic E-state index is 12.5. The second kappa shape index (κ2) is 10.9. The van der Waals surface area contributed by atoms with E-state index in [1.165, 1.54) is 12.5 Å². The van der Waals surface area contributed by atoms with Gasteiger partial charge in [0.25, 0.3) is 5.91 Å². The number of carbonyl (C=O) groups excluding carboxylic acids is 2. The lowest BCUT2D eigenvalue weighted by molar-refractivity contribution is -0.115. The van der Waals surface area contributed by atoms with Gasteiger partial charge in [-0.15, -0.1) is 0 Å². The molecule has 2 aromatic carbocycles. The van der Waals surface area contributed by atoms with Crippen molar-refractivity contribution in [3.05, 3.63) is 70.8 Å². The molecule has 2 aromatic rings. The van der Waals surface area contributed by atoms with E-state index in [1.807, 2.05) is 18.2 Å². The molecule has 5 nitrogen and oxygen atoms in total. The molecule has 3 rings (SSSR count). The molecule has 0 unspecified atom stereocenters. The van der Waals surface area contributed by atoms with Gasteiger partial charge in [-0.2, -0.15) is 0 Å². The summed E-state index contributed by atoms with van der Waals surface area (Å²) in [5, 5.41) is 9.33. The molecule has 0 aliphatic heterocycles. The van der Waals surface area contributed by atoms with Crippen molar-refractivity contribution in [2.24, 2.45) is 0 Å². The molecule has 2 amide bonds. The normalized spacial score (nSPS) is 14.3. The predicted octanol–water partition coefficient (Wildman–Crippen LogP) is 4.93. The highest BCUT2D eigenvalue weighted by Gasteiger charge is 2.16. The molecule has 3 N–H and O–H groups in total. The van der Waals surface area contributed by atoms with E-state index >= 15 is 0 Å². The van der Waals surface area contributed by atoms with Gasteiger partial charge in [-0.25, -0.2) is 0 Å². The first-order valence-corrected chi connectivity index (χ1v) is 10.8. The third-order valence-electron chi connectivity index (χ3n) is 4.88. The minimum atomic E-state index is -0.376. The van der Waals surface area contributed by atoms with Crippen molar-refractivity contribution in [2.45, 2.75) is 38.1 Å². The van der Waals surface area contributed by atoms with Gasteiger partial charge in [-0.05, 0) is 61.0 Å². The van der Waals surface area contributed by atoms with Crippen LogP contribution in [-0.4, -0.2) is 23.0 Å². The van der Waals surface area contributed by atoms with Gasteiger partial charge in [-0.1, -0.05) is 55.1 Å². The SMILES string of the molecule is O=C(/C=C/c1ccccc1Cl)NC(=S)Nc1cccc(C(=O)NC2CCCCC2)c1. The Labute approximate surface area is 186 Å². The maximum Gasteiger partial charge on any atom is 0.251 e. The van der Waals surface area contributed by atoms with Crippen LogP contribution in [0.4, 0.5) is 5.69 Å². The van der Waals surface area contributed by atoms with Gasteiger partial charge in [0, 0.05) is 28.4 Å². The summed E-state index contributed by atoms with van der Waals surface area (Å²) >= 11 is 11.3. The average molecular weight is 442 g/mol. The van der Waals surface area contributed by atoms with E-state index in [1.54, 1.807) is 36.4 Å². The number of hydrogen-bond donors (Lipinski definition) is 3. The molecule has 0 saturated heterocycles. The third kappa shape index (κ3) is 6.68. The van der Waals surface area contributed by atoms with Crippen LogP contribution in [0.15, 0.2) is 54.6 Å². The van der Waals surface area contributed by atoms with Crippen LogP contribution >= 0.6 is 23.8 Å². The summed E-state index contributed by atoms with van der Waals surface area (Å²) in [5.74, 6) is -0.471. The second-order valence-electron chi connectivity index (χ2n) is 7.19. The Kier molecular flexibility index (Phi) is 7.99. The number of anilines is 1. The molecular formula is C23H24ClN3O2S. The topological polar surface area (TPSA) is 70.2 Å². The number of nitrogens with one attached hydrogen (secondary N) is 3. The minimum Gasteiger partial charge on any atom is -0.349 e. The number of carbonyl (C=O) groups is 2. The van der Waals surface area contributed by atoms with E-state index in [0.717, 1.165) is 31.2 Å². The fourth-order valence-electron chi connectivity index (χ4n) is 3.35. The summed E-state index contributed by atoms with van der Waals surface area (Å²) in [4.78, 5) is 24.6. The Morgan fingerprint density at radius 2 is 1.80 bits per heavy atom. The quantitative estimate of drug-likeness (QED) is 0.454. The Morgan fingerprint density at radius 3 is 2.57 bits per heavy atom. The largest absolute Gasteiger partial charge is 0.349 e. The molecule has 0 atom stereocenters. The molecule has 0 bridgehead atoms. The zero-order valence-corrected chi connectivity index (χ0v) is 18.1. The van der Waals surface area contributed by atoms with Gasteiger partial charge in [0.2, 0.25) is 5.91 Å². The Bertz CT molecular complexity index is 955. The van der Waals surface area contributed by atoms with Gasteiger partial charge in [0.05, 0.1) is 0 Å². The highest BCUT2D eigenvalue weighted by Crippen LogP contribution is 2.19. The highest BCUT2D eigenvalue weighted by molar-refractivity contribution is 7.80.